The molecule has 3 heterocycles. The van der Waals surface area contributed by atoms with Crippen LogP contribution in [0.15, 0.2) is 33.7 Å². The maximum Gasteiger partial charge on any atom is 0.311 e. The topological polar surface area (TPSA) is 85.2 Å². The Morgan fingerprint density at radius 2 is 2.14 bits per heavy atom. The molecule has 1 N–H and O–H groups in total. The van der Waals surface area contributed by atoms with Crippen molar-refractivity contribution in [3.05, 3.63) is 62.2 Å². The molecule has 4 aromatic rings. The summed E-state index contributed by atoms with van der Waals surface area (Å²) in [6.07, 6.45) is 1.95. The summed E-state index contributed by atoms with van der Waals surface area (Å²) in [5, 5.41) is 1.51. The van der Waals surface area contributed by atoms with Gasteiger partial charge in [0.25, 0.3) is 5.56 Å². The second kappa shape index (κ2) is 7.48. The summed E-state index contributed by atoms with van der Waals surface area (Å²) >= 11 is 1.47. The second-order valence-corrected chi connectivity index (χ2v) is 8.37. The summed E-state index contributed by atoms with van der Waals surface area (Å²) in [4.78, 5) is 33.9. The number of aromatic nitrogens is 2. The molecule has 150 valence electrons. The Morgan fingerprint density at radius 3 is 2.90 bits per heavy atom. The van der Waals surface area contributed by atoms with E-state index in [0.29, 0.717) is 16.0 Å². The third-order valence-electron chi connectivity index (χ3n) is 5.21. The van der Waals surface area contributed by atoms with Gasteiger partial charge in [-0.3, -0.25) is 9.59 Å². The van der Waals surface area contributed by atoms with Gasteiger partial charge in [-0.2, -0.15) is 0 Å². The van der Waals surface area contributed by atoms with Gasteiger partial charge in [-0.1, -0.05) is 19.1 Å². The van der Waals surface area contributed by atoms with Crippen LogP contribution in [0.25, 0.3) is 21.2 Å². The summed E-state index contributed by atoms with van der Waals surface area (Å²) in [5.74, 6) is -0.0530. The highest BCUT2D eigenvalue weighted by molar-refractivity contribution is 7.18. The average Bonchev–Trinajstić information content (AvgIpc) is 3.21. The van der Waals surface area contributed by atoms with Crippen molar-refractivity contribution in [2.24, 2.45) is 0 Å². The third kappa shape index (κ3) is 3.58. The Hall–Kier alpha value is -2.93. The number of rotatable bonds is 5. The Balaban J connectivity index is 1.53. The highest BCUT2D eigenvalue weighted by Gasteiger charge is 2.19. The number of H-pyrrole nitrogens is 1. The van der Waals surface area contributed by atoms with E-state index in [9.17, 15) is 9.59 Å². The van der Waals surface area contributed by atoms with Crippen LogP contribution in [0.2, 0.25) is 0 Å². The molecule has 0 radical (unpaired) electrons. The predicted molar refractivity (Wildman–Crippen MR) is 114 cm³/mol. The van der Waals surface area contributed by atoms with Crippen molar-refractivity contribution in [3.8, 4) is 0 Å². The zero-order chi connectivity index (χ0) is 20.7. The third-order valence-corrected chi connectivity index (χ3v) is 6.31. The monoisotopic (exact) mass is 410 g/mol. The Morgan fingerprint density at radius 1 is 1.34 bits per heavy atom. The lowest BCUT2D eigenvalue weighted by atomic mass is 10.1. The lowest BCUT2D eigenvalue weighted by Crippen LogP contribution is -2.18. The summed E-state index contributed by atoms with van der Waals surface area (Å²) in [7, 11) is 0. The second-order valence-electron chi connectivity index (χ2n) is 7.17. The number of benzene rings is 1. The molecule has 0 unspecified atom stereocenters. The number of ether oxygens (including phenoxy) is 1. The van der Waals surface area contributed by atoms with Gasteiger partial charge in [0.1, 0.15) is 10.4 Å². The number of nitrogens with one attached hydrogen (secondary N) is 1. The van der Waals surface area contributed by atoms with Crippen molar-refractivity contribution in [2.45, 2.75) is 46.6 Å². The molecule has 0 aliphatic rings. The van der Waals surface area contributed by atoms with E-state index in [0.717, 1.165) is 33.4 Å². The van der Waals surface area contributed by atoms with Crippen molar-refractivity contribution in [3.63, 3.8) is 0 Å². The molecule has 3 aromatic heterocycles. The fraction of sp³-hybridized carbons (Fsp3) is 0.318. The fourth-order valence-electron chi connectivity index (χ4n) is 3.40. The molecule has 1 aromatic carbocycles. The molecule has 0 saturated heterocycles. The van der Waals surface area contributed by atoms with Crippen molar-refractivity contribution < 1.29 is 13.9 Å². The van der Waals surface area contributed by atoms with Crippen molar-refractivity contribution in [2.75, 3.05) is 0 Å². The van der Waals surface area contributed by atoms with Gasteiger partial charge in [-0.25, -0.2) is 4.98 Å². The normalized spacial score (nSPS) is 12.6. The molecule has 1 atom stereocenters. The Kier molecular flexibility index (Phi) is 5.00. The lowest BCUT2D eigenvalue weighted by molar-refractivity contribution is -0.148. The van der Waals surface area contributed by atoms with Gasteiger partial charge < -0.3 is 14.1 Å². The minimum atomic E-state index is -0.660. The standard InChI is InChI=1S/C22H22N2O4S/c1-5-14-6-7-16-15(10-27-17(16)8-14)9-18(25)28-12(3)20-23-21(26)19-11(2)13(4)29-22(19)24-20/h6-8,10,12H,5,9H2,1-4H3,(H,23,24,26)/t12-/m0/s1. The predicted octanol–water partition coefficient (Wildman–Crippen LogP) is 4.76. The molecular formula is C22H22N2O4S. The number of fused-ring (bicyclic) bond motifs is 2. The van der Waals surface area contributed by atoms with Gasteiger partial charge in [0.05, 0.1) is 18.1 Å². The maximum absolute atomic E-state index is 12.5. The van der Waals surface area contributed by atoms with Gasteiger partial charge in [-0.05, 0) is 44.4 Å². The first-order chi connectivity index (χ1) is 13.9. The Bertz CT molecular complexity index is 1280. The number of esters is 1. The summed E-state index contributed by atoms with van der Waals surface area (Å²) < 4.78 is 11.1. The van der Waals surface area contributed by atoms with Crippen LogP contribution in [-0.2, 0) is 22.4 Å². The van der Waals surface area contributed by atoms with Crippen molar-refractivity contribution in [1.82, 2.24) is 9.97 Å². The summed E-state index contributed by atoms with van der Waals surface area (Å²) in [6, 6.07) is 5.99. The number of nitrogens with zero attached hydrogens (tertiary/aromatic N) is 1. The van der Waals surface area contributed by atoms with Crippen molar-refractivity contribution in [1.29, 1.82) is 0 Å². The van der Waals surface area contributed by atoms with Crippen LogP contribution in [0.3, 0.4) is 0 Å². The van der Waals surface area contributed by atoms with Gasteiger partial charge >= 0.3 is 5.97 Å². The van der Waals surface area contributed by atoms with Crippen LogP contribution in [0.1, 0.15) is 47.3 Å². The average molecular weight is 410 g/mol. The molecule has 0 fully saturated rings. The molecule has 0 aliphatic heterocycles. The van der Waals surface area contributed by atoms with Gasteiger partial charge in [0.2, 0.25) is 0 Å². The molecule has 4 rings (SSSR count). The maximum atomic E-state index is 12.5. The van der Waals surface area contributed by atoms with Crippen LogP contribution >= 0.6 is 11.3 Å². The van der Waals surface area contributed by atoms with Gasteiger partial charge in [0, 0.05) is 15.8 Å². The first-order valence-electron chi connectivity index (χ1n) is 9.55. The largest absolute Gasteiger partial charge is 0.464 e. The zero-order valence-corrected chi connectivity index (χ0v) is 17.6. The number of carbonyl (C=O) groups excluding carboxylic acids is 1. The van der Waals surface area contributed by atoms with Crippen LogP contribution < -0.4 is 5.56 Å². The van der Waals surface area contributed by atoms with Crippen LogP contribution in [0.5, 0.6) is 0 Å². The van der Waals surface area contributed by atoms with E-state index in [1.807, 2.05) is 32.0 Å². The van der Waals surface area contributed by atoms with Crippen LogP contribution in [-0.4, -0.2) is 15.9 Å². The number of hydrogen-bond acceptors (Lipinski definition) is 6. The lowest BCUT2D eigenvalue weighted by Gasteiger charge is -2.12. The molecule has 6 nitrogen and oxygen atoms in total. The molecule has 0 bridgehead atoms. The van der Waals surface area contributed by atoms with Gasteiger partial charge in [0.15, 0.2) is 11.9 Å². The molecule has 7 heteroatoms. The Labute approximate surface area is 171 Å². The van der Waals surface area contributed by atoms with Crippen LogP contribution in [0, 0.1) is 13.8 Å². The highest BCUT2D eigenvalue weighted by atomic mass is 32.1. The minimum absolute atomic E-state index is 0.0898. The van der Waals surface area contributed by atoms with Crippen molar-refractivity contribution >= 4 is 38.5 Å². The molecule has 0 spiro atoms. The molecule has 0 amide bonds. The number of aryl methyl sites for hydroxylation is 3. The zero-order valence-electron chi connectivity index (χ0n) is 16.8. The highest BCUT2D eigenvalue weighted by Crippen LogP contribution is 2.27. The van der Waals surface area contributed by atoms with E-state index in [2.05, 4.69) is 16.9 Å². The number of carbonyl (C=O) groups is 1. The van der Waals surface area contributed by atoms with E-state index in [4.69, 9.17) is 9.15 Å². The summed E-state index contributed by atoms with van der Waals surface area (Å²) in [5.41, 5.74) is 3.45. The SMILES string of the molecule is CCc1ccc2c(CC(=O)O[C@@H](C)c3nc4sc(C)c(C)c4c(=O)[nH]3)coc2c1. The van der Waals surface area contributed by atoms with E-state index < -0.39 is 12.1 Å². The molecule has 0 saturated carbocycles. The number of aromatic amines is 1. The number of furan rings is 1. The van der Waals surface area contributed by atoms with E-state index in [-0.39, 0.29) is 12.0 Å². The smallest absolute Gasteiger partial charge is 0.311 e. The van der Waals surface area contributed by atoms with E-state index in [1.54, 1.807) is 13.2 Å². The number of hydrogen-bond donors (Lipinski definition) is 1. The van der Waals surface area contributed by atoms with Crippen LogP contribution in [0.4, 0.5) is 0 Å². The molecule has 29 heavy (non-hydrogen) atoms. The van der Waals surface area contributed by atoms with E-state index in [1.165, 1.54) is 16.9 Å². The first-order valence-corrected chi connectivity index (χ1v) is 10.4. The molecule has 0 aliphatic carbocycles. The summed E-state index contributed by atoms with van der Waals surface area (Å²) in [6.45, 7) is 7.66. The molecular weight excluding hydrogens is 388 g/mol. The van der Waals surface area contributed by atoms with Gasteiger partial charge in [-0.15, -0.1) is 11.3 Å². The quantitative estimate of drug-likeness (QED) is 0.480. The minimum Gasteiger partial charge on any atom is -0.464 e. The van der Waals surface area contributed by atoms with E-state index >= 15 is 0 Å². The fourth-order valence-corrected chi connectivity index (χ4v) is 4.44. The number of thiophene rings is 1. The first kappa shape index (κ1) is 19.4.